The van der Waals surface area contributed by atoms with Crippen molar-refractivity contribution in [3.05, 3.63) is 22.8 Å². The van der Waals surface area contributed by atoms with Crippen molar-refractivity contribution in [1.82, 2.24) is 19.9 Å². The van der Waals surface area contributed by atoms with E-state index in [4.69, 9.17) is 0 Å². The van der Waals surface area contributed by atoms with Gasteiger partial charge in [-0.15, -0.1) is 5.10 Å². The molecule has 0 amide bonds. The average molecular weight is 296 g/mol. The second kappa shape index (κ2) is 4.62. The number of nitrogens with zero attached hydrogens (tertiary/aromatic N) is 3. The lowest BCUT2D eigenvalue weighted by atomic mass is 10.1. The summed E-state index contributed by atoms with van der Waals surface area (Å²) in [5.74, 6) is 0.718. The minimum Gasteiger partial charge on any atom is -0.350 e. The molecular weight excluding hydrogens is 282 g/mol. The first-order valence-electron chi connectivity index (χ1n) is 5.80. The minimum atomic E-state index is 0.483. The first kappa shape index (κ1) is 11.0. The fourth-order valence-electron chi connectivity index (χ4n) is 2.07. The van der Waals surface area contributed by atoms with E-state index in [1.165, 1.54) is 0 Å². The van der Waals surface area contributed by atoms with Gasteiger partial charge in [-0.25, -0.2) is 4.52 Å². The van der Waals surface area contributed by atoms with Gasteiger partial charge in [-0.3, -0.25) is 0 Å². The third-order valence-corrected chi connectivity index (χ3v) is 3.44. The van der Waals surface area contributed by atoms with E-state index in [2.05, 4.69) is 36.6 Å². The molecule has 1 aliphatic rings. The Hall–Kier alpha value is -1.14. The third kappa shape index (κ3) is 2.42. The van der Waals surface area contributed by atoms with E-state index in [1.807, 2.05) is 18.3 Å². The smallest absolute Gasteiger partial charge is 0.243 e. The molecule has 3 rings (SSSR count). The van der Waals surface area contributed by atoms with Crippen molar-refractivity contribution >= 4 is 27.5 Å². The maximum Gasteiger partial charge on any atom is 0.243 e. The van der Waals surface area contributed by atoms with Crippen LogP contribution in [0.25, 0.3) is 5.65 Å². The molecule has 5 nitrogen and oxygen atoms in total. The maximum absolute atomic E-state index is 4.45. The standard InChI is InChI=1S/C11H14BrN5/c12-8-1-2-10-15-11(16-17(10)7-8)14-9-3-5-13-6-4-9/h1-2,7,9,13H,3-6H2,(H,14,16). The van der Waals surface area contributed by atoms with Gasteiger partial charge in [-0.05, 0) is 54.0 Å². The van der Waals surface area contributed by atoms with Crippen LogP contribution >= 0.6 is 15.9 Å². The third-order valence-electron chi connectivity index (χ3n) is 2.97. The lowest BCUT2D eigenvalue weighted by Crippen LogP contribution is -2.35. The van der Waals surface area contributed by atoms with Crippen molar-refractivity contribution < 1.29 is 0 Å². The molecule has 0 spiro atoms. The van der Waals surface area contributed by atoms with Gasteiger partial charge in [0.1, 0.15) is 0 Å². The number of rotatable bonds is 2. The Morgan fingerprint density at radius 2 is 2.18 bits per heavy atom. The second-order valence-electron chi connectivity index (χ2n) is 4.25. The van der Waals surface area contributed by atoms with E-state index >= 15 is 0 Å². The highest BCUT2D eigenvalue weighted by Crippen LogP contribution is 2.14. The molecule has 0 aromatic carbocycles. The van der Waals surface area contributed by atoms with Crippen LogP contribution in [0.4, 0.5) is 5.95 Å². The van der Waals surface area contributed by atoms with E-state index in [0.29, 0.717) is 6.04 Å². The topological polar surface area (TPSA) is 54.2 Å². The number of pyridine rings is 1. The lowest BCUT2D eigenvalue weighted by Gasteiger charge is -2.22. The van der Waals surface area contributed by atoms with Crippen molar-refractivity contribution in [1.29, 1.82) is 0 Å². The van der Waals surface area contributed by atoms with E-state index < -0.39 is 0 Å². The molecule has 0 atom stereocenters. The van der Waals surface area contributed by atoms with Crippen LogP contribution in [0.3, 0.4) is 0 Å². The maximum atomic E-state index is 4.45. The van der Waals surface area contributed by atoms with Crippen LogP contribution in [0, 0.1) is 0 Å². The van der Waals surface area contributed by atoms with Crippen molar-refractivity contribution in [2.75, 3.05) is 18.4 Å². The Balaban J connectivity index is 1.80. The number of nitrogens with one attached hydrogen (secondary N) is 2. The molecular formula is C11H14BrN5. The first-order chi connectivity index (χ1) is 8.31. The lowest BCUT2D eigenvalue weighted by molar-refractivity contribution is 0.477. The number of piperidine rings is 1. The summed E-state index contributed by atoms with van der Waals surface area (Å²) < 4.78 is 2.79. The Morgan fingerprint density at radius 1 is 1.35 bits per heavy atom. The molecule has 6 heteroatoms. The Morgan fingerprint density at radius 3 is 3.00 bits per heavy atom. The summed E-state index contributed by atoms with van der Waals surface area (Å²) in [4.78, 5) is 4.45. The van der Waals surface area contributed by atoms with Gasteiger partial charge in [0, 0.05) is 16.7 Å². The molecule has 3 heterocycles. The average Bonchev–Trinajstić information content (AvgIpc) is 2.71. The zero-order chi connectivity index (χ0) is 11.7. The Bertz CT molecular complexity index is 518. The SMILES string of the molecule is Brc1ccc2nc(NC3CCNCC3)nn2c1. The summed E-state index contributed by atoms with van der Waals surface area (Å²) >= 11 is 3.42. The predicted octanol–water partition coefficient (Wildman–Crippen LogP) is 1.66. The second-order valence-corrected chi connectivity index (χ2v) is 5.17. The summed E-state index contributed by atoms with van der Waals surface area (Å²) in [5.41, 5.74) is 0.865. The van der Waals surface area contributed by atoms with Crippen molar-refractivity contribution in [2.45, 2.75) is 18.9 Å². The van der Waals surface area contributed by atoms with Crippen molar-refractivity contribution in [2.24, 2.45) is 0 Å². The molecule has 90 valence electrons. The summed E-state index contributed by atoms with van der Waals surface area (Å²) in [6.07, 6.45) is 4.16. The molecule has 0 aliphatic carbocycles. The van der Waals surface area contributed by atoms with Crippen molar-refractivity contribution in [3.63, 3.8) is 0 Å². The van der Waals surface area contributed by atoms with Crippen LogP contribution in [0.1, 0.15) is 12.8 Å². The zero-order valence-electron chi connectivity index (χ0n) is 9.36. The molecule has 2 N–H and O–H groups in total. The van der Waals surface area contributed by atoms with Crippen LogP contribution in [0.15, 0.2) is 22.8 Å². The van der Waals surface area contributed by atoms with Crippen LogP contribution in [-0.2, 0) is 0 Å². The van der Waals surface area contributed by atoms with E-state index in [0.717, 1.165) is 42.0 Å². The molecule has 0 radical (unpaired) electrons. The summed E-state index contributed by atoms with van der Waals surface area (Å²) in [6, 6.07) is 4.40. The number of hydrogen-bond donors (Lipinski definition) is 2. The van der Waals surface area contributed by atoms with Gasteiger partial charge in [0.25, 0.3) is 0 Å². The summed E-state index contributed by atoms with van der Waals surface area (Å²) in [5, 5.41) is 11.1. The fourth-order valence-corrected chi connectivity index (χ4v) is 2.39. The molecule has 0 saturated carbocycles. The number of hydrogen-bond acceptors (Lipinski definition) is 4. The number of fused-ring (bicyclic) bond motifs is 1. The highest BCUT2D eigenvalue weighted by atomic mass is 79.9. The number of halogens is 1. The summed E-state index contributed by atoms with van der Waals surface area (Å²) in [7, 11) is 0. The minimum absolute atomic E-state index is 0.483. The fraction of sp³-hybridized carbons (Fsp3) is 0.455. The zero-order valence-corrected chi connectivity index (χ0v) is 10.9. The normalized spacial score (nSPS) is 17.5. The molecule has 1 saturated heterocycles. The molecule has 1 aliphatic heterocycles. The van der Waals surface area contributed by atoms with E-state index in [1.54, 1.807) is 4.52 Å². The van der Waals surface area contributed by atoms with Gasteiger partial charge in [0.05, 0.1) is 0 Å². The van der Waals surface area contributed by atoms with E-state index in [9.17, 15) is 0 Å². The van der Waals surface area contributed by atoms with Gasteiger partial charge < -0.3 is 10.6 Å². The van der Waals surface area contributed by atoms with Gasteiger partial charge in [-0.2, -0.15) is 4.98 Å². The van der Waals surface area contributed by atoms with E-state index in [-0.39, 0.29) is 0 Å². The highest BCUT2D eigenvalue weighted by Gasteiger charge is 2.14. The number of anilines is 1. The van der Waals surface area contributed by atoms with Crippen LogP contribution in [0.5, 0.6) is 0 Å². The van der Waals surface area contributed by atoms with Gasteiger partial charge in [0.2, 0.25) is 5.95 Å². The largest absolute Gasteiger partial charge is 0.350 e. The molecule has 2 aromatic rings. The van der Waals surface area contributed by atoms with Crippen LogP contribution in [-0.4, -0.2) is 33.7 Å². The van der Waals surface area contributed by atoms with Gasteiger partial charge in [-0.1, -0.05) is 0 Å². The van der Waals surface area contributed by atoms with Crippen LogP contribution < -0.4 is 10.6 Å². The molecule has 17 heavy (non-hydrogen) atoms. The Kier molecular flexibility index (Phi) is 2.98. The van der Waals surface area contributed by atoms with Gasteiger partial charge >= 0.3 is 0 Å². The molecule has 1 fully saturated rings. The Labute approximate surface area is 108 Å². The predicted molar refractivity (Wildman–Crippen MR) is 70.2 cm³/mol. The highest BCUT2D eigenvalue weighted by molar-refractivity contribution is 9.10. The van der Waals surface area contributed by atoms with Crippen LogP contribution in [0.2, 0.25) is 0 Å². The molecule has 2 aromatic heterocycles. The van der Waals surface area contributed by atoms with Gasteiger partial charge in [0.15, 0.2) is 5.65 Å². The summed E-state index contributed by atoms with van der Waals surface area (Å²) in [6.45, 7) is 2.13. The molecule has 0 unspecified atom stereocenters. The quantitative estimate of drug-likeness (QED) is 0.885. The van der Waals surface area contributed by atoms with Crippen molar-refractivity contribution in [3.8, 4) is 0 Å². The molecule has 0 bridgehead atoms. The first-order valence-corrected chi connectivity index (χ1v) is 6.60. The number of aromatic nitrogens is 3. The monoisotopic (exact) mass is 295 g/mol.